The first-order valence-electron chi connectivity index (χ1n) is 4.39. The number of hydrogen-bond acceptors (Lipinski definition) is 1. The summed E-state index contributed by atoms with van der Waals surface area (Å²) in [6.07, 6.45) is 0. The van der Waals surface area contributed by atoms with E-state index in [1.807, 2.05) is 18.7 Å². The molecule has 0 atom stereocenters. The average molecular weight is 170 g/mol. The third-order valence-corrected chi connectivity index (χ3v) is 1.76. The molecular weight excluding hydrogens is 154 g/mol. The minimum atomic E-state index is 0.0416. The van der Waals surface area contributed by atoms with Crippen LogP contribution in [0.1, 0.15) is 13.8 Å². The highest BCUT2D eigenvalue weighted by Gasteiger charge is 2.16. The quantitative estimate of drug-likeness (QED) is 0.592. The molecule has 4 heteroatoms. The first-order chi connectivity index (χ1) is 5.70. The number of nitrogens with zero attached hydrogens (tertiary/aromatic N) is 2. The van der Waals surface area contributed by atoms with Crippen molar-refractivity contribution in [3.05, 3.63) is 0 Å². The van der Waals surface area contributed by atoms with Gasteiger partial charge in [0, 0.05) is 32.2 Å². The van der Waals surface area contributed by atoms with Gasteiger partial charge in [-0.15, -0.1) is 0 Å². The maximum Gasteiger partial charge on any atom is 0.317 e. The van der Waals surface area contributed by atoms with Crippen molar-refractivity contribution in [2.24, 2.45) is 0 Å². The molecule has 69 valence electrons. The minimum Gasteiger partial charge on any atom is -0.336 e. The van der Waals surface area contributed by atoms with E-state index in [0.717, 1.165) is 26.2 Å². The van der Waals surface area contributed by atoms with Gasteiger partial charge in [0.1, 0.15) is 0 Å². The van der Waals surface area contributed by atoms with E-state index in [9.17, 15) is 4.79 Å². The van der Waals surface area contributed by atoms with Crippen LogP contribution in [0.2, 0.25) is 0 Å². The Hall–Kier alpha value is -0.770. The van der Waals surface area contributed by atoms with E-state index in [0.29, 0.717) is 0 Å². The molecule has 1 radical (unpaired) electrons. The van der Waals surface area contributed by atoms with E-state index in [2.05, 4.69) is 10.6 Å². The van der Waals surface area contributed by atoms with Gasteiger partial charge >= 0.3 is 6.03 Å². The zero-order valence-corrected chi connectivity index (χ0v) is 7.71. The molecule has 0 bridgehead atoms. The van der Waals surface area contributed by atoms with Gasteiger partial charge in [-0.3, -0.25) is 0 Å². The highest BCUT2D eigenvalue weighted by Crippen LogP contribution is 1.94. The van der Waals surface area contributed by atoms with E-state index in [1.165, 1.54) is 0 Å². The fourth-order valence-corrected chi connectivity index (χ4v) is 1.15. The molecule has 1 aliphatic heterocycles. The van der Waals surface area contributed by atoms with Crippen molar-refractivity contribution < 1.29 is 4.79 Å². The van der Waals surface area contributed by atoms with Crippen LogP contribution in [0.15, 0.2) is 0 Å². The molecule has 0 aromatic carbocycles. The Balaban J connectivity index is 2.30. The number of carbonyl (C=O) groups is 1. The topological polar surface area (TPSA) is 46.4 Å². The molecule has 4 nitrogen and oxygen atoms in total. The number of hydrogen-bond donors (Lipinski definition) is 1. The maximum atomic E-state index is 11.4. The molecule has 1 N–H and O–H groups in total. The van der Waals surface area contributed by atoms with E-state index in [-0.39, 0.29) is 12.1 Å². The Morgan fingerprint density at radius 1 is 1.42 bits per heavy atom. The monoisotopic (exact) mass is 170 g/mol. The zero-order valence-electron chi connectivity index (χ0n) is 7.71. The first kappa shape index (κ1) is 9.32. The van der Waals surface area contributed by atoms with Gasteiger partial charge in [0.25, 0.3) is 0 Å². The highest BCUT2D eigenvalue weighted by molar-refractivity contribution is 5.74. The first-order valence-corrected chi connectivity index (χ1v) is 4.39. The van der Waals surface area contributed by atoms with Crippen molar-refractivity contribution in [2.75, 3.05) is 26.2 Å². The third kappa shape index (κ3) is 2.70. The lowest BCUT2D eigenvalue weighted by Crippen LogP contribution is -2.49. The highest BCUT2D eigenvalue weighted by atomic mass is 16.2. The molecule has 12 heavy (non-hydrogen) atoms. The Morgan fingerprint density at radius 3 is 2.50 bits per heavy atom. The maximum absolute atomic E-state index is 11.4. The second-order valence-corrected chi connectivity index (χ2v) is 3.26. The second-order valence-electron chi connectivity index (χ2n) is 3.26. The minimum absolute atomic E-state index is 0.0416. The Labute approximate surface area is 73.3 Å². The van der Waals surface area contributed by atoms with Crippen LogP contribution in [0.5, 0.6) is 0 Å². The largest absolute Gasteiger partial charge is 0.336 e. The van der Waals surface area contributed by atoms with E-state index in [4.69, 9.17) is 0 Å². The molecule has 0 saturated carbocycles. The Kier molecular flexibility index (Phi) is 3.34. The van der Waals surface area contributed by atoms with Gasteiger partial charge in [0.15, 0.2) is 0 Å². The van der Waals surface area contributed by atoms with Crippen molar-refractivity contribution in [1.82, 2.24) is 15.5 Å². The number of nitrogens with one attached hydrogen (secondary N) is 1. The third-order valence-electron chi connectivity index (χ3n) is 1.76. The summed E-state index contributed by atoms with van der Waals surface area (Å²) in [4.78, 5) is 13.2. The summed E-state index contributed by atoms with van der Waals surface area (Å²) in [5, 5.41) is 7.02. The van der Waals surface area contributed by atoms with Crippen LogP contribution < -0.4 is 10.6 Å². The number of urea groups is 1. The molecule has 0 aliphatic carbocycles. The van der Waals surface area contributed by atoms with Crippen molar-refractivity contribution in [1.29, 1.82) is 0 Å². The van der Waals surface area contributed by atoms with Crippen LogP contribution >= 0.6 is 0 Å². The number of rotatable bonds is 1. The van der Waals surface area contributed by atoms with Crippen LogP contribution in [-0.2, 0) is 0 Å². The molecular formula is C8H16N3O. The van der Waals surface area contributed by atoms with Crippen molar-refractivity contribution in [3.63, 3.8) is 0 Å². The standard InChI is InChI=1S/C8H16N3O/c1-7(2)10-8(12)11-5-3-9-4-6-11/h7H,3-6H2,1-2H3,(H,10,12). The molecule has 0 aromatic heterocycles. The van der Waals surface area contributed by atoms with Crippen LogP contribution in [0.4, 0.5) is 4.79 Å². The predicted octanol–water partition coefficient (Wildman–Crippen LogP) is 0.0244. The summed E-state index contributed by atoms with van der Waals surface area (Å²) in [7, 11) is 0. The summed E-state index contributed by atoms with van der Waals surface area (Å²) in [5.41, 5.74) is 0. The molecule has 1 saturated heterocycles. The summed E-state index contributed by atoms with van der Waals surface area (Å²) < 4.78 is 0. The number of amides is 2. The van der Waals surface area contributed by atoms with Crippen molar-refractivity contribution >= 4 is 6.03 Å². The average Bonchev–Trinajstić information content (AvgIpc) is 2.05. The van der Waals surface area contributed by atoms with Gasteiger partial charge in [0.05, 0.1) is 0 Å². The van der Waals surface area contributed by atoms with Gasteiger partial charge in [-0.25, -0.2) is 10.1 Å². The molecule has 0 aromatic rings. The van der Waals surface area contributed by atoms with E-state index >= 15 is 0 Å². The lowest BCUT2D eigenvalue weighted by atomic mass is 10.3. The molecule has 1 fully saturated rings. The summed E-state index contributed by atoms with van der Waals surface area (Å²) in [5.74, 6) is 0. The number of carbonyl (C=O) groups excluding carboxylic acids is 1. The Morgan fingerprint density at radius 2 is 2.00 bits per heavy atom. The molecule has 2 amide bonds. The van der Waals surface area contributed by atoms with Crippen molar-refractivity contribution in [2.45, 2.75) is 19.9 Å². The van der Waals surface area contributed by atoms with Crippen molar-refractivity contribution in [3.8, 4) is 0 Å². The fraction of sp³-hybridized carbons (Fsp3) is 0.875. The van der Waals surface area contributed by atoms with E-state index < -0.39 is 0 Å². The van der Waals surface area contributed by atoms with Crippen LogP contribution in [0.25, 0.3) is 0 Å². The second kappa shape index (κ2) is 4.30. The lowest BCUT2D eigenvalue weighted by Gasteiger charge is -2.27. The van der Waals surface area contributed by atoms with E-state index in [1.54, 1.807) is 0 Å². The van der Waals surface area contributed by atoms with Gasteiger partial charge in [0.2, 0.25) is 0 Å². The van der Waals surface area contributed by atoms with Crippen LogP contribution in [0, 0.1) is 0 Å². The normalized spacial score (nSPS) is 18.1. The SMILES string of the molecule is CC(C)NC(=O)N1CC[N]CC1. The zero-order chi connectivity index (χ0) is 8.97. The summed E-state index contributed by atoms with van der Waals surface area (Å²) >= 11 is 0. The molecule has 0 spiro atoms. The molecule has 1 aliphatic rings. The van der Waals surface area contributed by atoms with Gasteiger partial charge in [-0.05, 0) is 13.8 Å². The van der Waals surface area contributed by atoms with Crippen LogP contribution in [0.3, 0.4) is 0 Å². The molecule has 1 rings (SSSR count). The molecule has 0 unspecified atom stereocenters. The van der Waals surface area contributed by atoms with Crippen LogP contribution in [-0.4, -0.2) is 43.2 Å². The van der Waals surface area contributed by atoms with Gasteiger partial charge in [-0.2, -0.15) is 0 Å². The van der Waals surface area contributed by atoms with Gasteiger partial charge in [-0.1, -0.05) is 0 Å². The number of piperazine rings is 1. The predicted molar refractivity (Wildman–Crippen MR) is 47.1 cm³/mol. The smallest absolute Gasteiger partial charge is 0.317 e. The Bertz CT molecular complexity index is 152. The van der Waals surface area contributed by atoms with Gasteiger partial charge < -0.3 is 10.2 Å². The fourth-order valence-electron chi connectivity index (χ4n) is 1.15. The molecule has 1 heterocycles. The summed E-state index contributed by atoms with van der Waals surface area (Å²) in [6, 6.07) is 0.260. The lowest BCUT2D eigenvalue weighted by molar-refractivity contribution is 0.187. The summed E-state index contributed by atoms with van der Waals surface area (Å²) in [6.45, 7) is 7.02.